The standard InChI is InChI=1S/C40H25N3O2/c1-2-8-28(9-3-1)43(29-18-14-26(15-19-29)37-39-33(22-24-41-37)31-10-4-6-12-35(31)44-39)30-20-16-27(17-21-30)38-40-34(23-25-42-38)32-11-5-7-13-36(32)45-40/h1-25H. The Bertz CT molecular complexity index is 2320. The van der Waals surface area contributed by atoms with Gasteiger partial charge in [-0.15, -0.1) is 0 Å². The van der Waals surface area contributed by atoms with Crippen LogP contribution in [0.5, 0.6) is 0 Å². The fourth-order valence-corrected chi connectivity index (χ4v) is 6.28. The Morgan fingerprint density at radius 3 is 1.29 bits per heavy atom. The first-order chi connectivity index (χ1) is 22.3. The Labute approximate surface area is 258 Å². The second kappa shape index (κ2) is 10.2. The van der Waals surface area contributed by atoms with E-state index in [2.05, 4.69) is 89.8 Å². The van der Waals surface area contributed by atoms with E-state index in [0.29, 0.717) is 0 Å². The summed E-state index contributed by atoms with van der Waals surface area (Å²) in [6, 6.07) is 47.6. The lowest BCUT2D eigenvalue weighted by Gasteiger charge is -2.25. The second-order valence-electron chi connectivity index (χ2n) is 11.0. The van der Waals surface area contributed by atoms with Gasteiger partial charge in [0.05, 0.1) is 0 Å². The summed E-state index contributed by atoms with van der Waals surface area (Å²) in [6.07, 6.45) is 3.71. The van der Waals surface area contributed by atoms with Gasteiger partial charge < -0.3 is 13.7 Å². The van der Waals surface area contributed by atoms with Gasteiger partial charge in [-0.25, -0.2) is 0 Å². The van der Waals surface area contributed by atoms with Crippen LogP contribution in [0.2, 0.25) is 0 Å². The highest BCUT2D eigenvalue weighted by Crippen LogP contribution is 2.39. The van der Waals surface area contributed by atoms with Crippen molar-refractivity contribution in [1.29, 1.82) is 0 Å². The number of benzene rings is 5. The molecular formula is C40H25N3O2. The number of nitrogens with zero attached hydrogens (tertiary/aromatic N) is 3. The summed E-state index contributed by atoms with van der Waals surface area (Å²) in [5.74, 6) is 0. The van der Waals surface area contributed by atoms with E-state index in [9.17, 15) is 0 Å². The molecule has 4 aromatic heterocycles. The monoisotopic (exact) mass is 579 g/mol. The van der Waals surface area contributed by atoms with Crippen molar-refractivity contribution < 1.29 is 8.83 Å². The number of fused-ring (bicyclic) bond motifs is 6. The molecule has 5 heteroatoms. The fraction of sp³-hybridized carbons (Fsp3) is 0. The molecule has 0 amide bonds. The lowest BCUT2D eigenvalue weighted by Crippen LogP contribution is -2.09. The molecule has 0 spiro atoms. The van der Waals surface area contributed by atoms with Gasteiger partial charge in [0.15, 0.2) is 11.2 Å². The van der Waals surface area contributed by atoms with Crippen molar-refractivity contribution in [3.05, 3.63) is 152 Å². The van der Waals surface area contributed by atoms with Crippen molar-refractivity contribution in [2.45, 2.75) is 0 Å². The van der Waals surface area contributed by atoms with E-state index in [4.69, 9.17) is 18.8 Å². The predicted octanol–water partition coefficient (Wildman–Crippen LogP) is 11.1. The predicted molar refractivity (Wildman–Crippen MR) is 182 cm³/mol. The minimum absolute atomic E-state index is 0.801. The molecule has 0 aliphatic carbocycles. The first-order valence-electron chi connectivity index (χ1n) is 14.9. The lowest BCUT2D eigenvalue weighted by molar-refractivity contribution is 0.668. The van der Waals surface area contributed by atoms with Gasteiger partial charge in [-0.2, -0.15) is 0 Å². The molecule has 0 saturated carbocycles. The van der Waals surface area contributed by atoms with Crippen molar-refractivity contribution in [2.75, 3.05) is 4.90 Å². The van der Waals surface area contributed by atoms with Crippen LogP contribution in [0.4, 0.5) is 17.1 Å². The SMILES string of the molecule is c1ccc(N(c2ccc(-c3nccc4c3oc3ccccc34)cc2)c2ccc(-c3nccc4c3oc3ccccc34)cc2)cc1. The average Bonchev–Trinajstić information content (AvgIpc) is 3.68. The third-order valence-electron chi connectivity index (χ3n) is 8.40. The third kappa shape index (κ3) is 4.17. The van der Waals surface area contributed by atoms with E-state index < -0.39 is 0 Å². The van der Waals surface area contributed by atoms with Crippen molar-refractivity contribution in [3.8, 4) is 22.5 Å². The summed E-state index contributed by atoms with van der Waals surface area (Å²) in [6.45, 7) is 0. The molecule has 0 unspecified atom stereocenters. The molecule has 0 atom stereocenters. The smallest absolute Gasteiger partial charge is 0.161 e. The Hall–Kier alpha value is -6.20. The number of hydrogen-bond acceptors (Lipinski definition) is 5. The molecule has 212 valence electrons. The minimum atomic E-state index is 0.801. The van der Waals surface area contributed by atoms with Crippen LogP contribution in [0.1, 0.15) is 0 Å². The topological polar surface area (TPSA) is 55.3 Å². The van der Waals surface area contributed by atoms with E-state index >= 15 is 0 Å². The Morgan fingerprint density at radius 2 is 0.800 bits per heavy atom. The molecule has 9 rings (SSSR count). The largest absolute Gasteiger partial charge is 0.454 e. The van der Waals surface area contributed by atoms with Gasteiger partial charge >= 0.3 is 0 Å². The van der Waals surface area contributed by atoms with E-state index in [-0.39, 0.29) is 0 Å². The maximum Gasteiger partial charge on any atom is 0.161 e. The van der Waals surface area contributed by atoms with Gasteiger partial charge in [0.25, 0.3) is 0 Å². The molecule has 45 heavy (non-hydrogen) atoms. The van der Waals surface area contributed by atoms with Gasteiger partial charge in [-0.1, -0.05) is 78.9 Å². The number of aromatic nitrogens is 2. The molecule has 4 heterocycles. The summed E-state index contributed by atoms with van der Waals surface area (Å²) in [7, 11) is 0. The first-order valence-corrected chi connectivity index (χ1v) is 14.9. The van der Waals surface area contributed by atoms with Crippen LogP contribution in [0, 0.1) is 0 Å². The highest BCUT2D eigenvalue weighted by molar-refractivity contribution is 6.09. The van der Waals surface area contributed by atoms with Gasteiger partial charge in [0.2, 0.25) is 0 Å². The Morgan fingerprint density at radius 1 is 0.378 bits per heavy atom. The van der Waals surface area contributed by atoms with Gasteiger partial charge in [0.1, 0.15) is 22.6 Å². The molecule has 0 radical (unpaired) electrons. The summed E-state index contributed by atoms with van der Waals surface area (Å²) in [5, 5.41) is 4.33. The number of rotatable bonds is 5. The zero-order valence-electron chi connectivity index (χ0n) is 24.1. The normalized spacial score (nSPS) is 11.6. The molecule has 0 N–H and O–H groups in total. The zero-order valence-corrected chi connectivity index (χ0v) is 24.1. The summed E-state index contributed by atoms with van der Waals surface area (Å²) in [5.41, 5.74) is 10.1. The van der Waals surface area contributed by atoms with Crippen LogP contribution in [-0.2, 0) is 0 Å². The van der Waals surface area contributed by atoms with Crippen LogP contribution in [0.3, 0.4) is 0 Å². The Balaban J connectivity index is 1.11. The van der Waals surface area contributed by atoms with Gasteiger partial charge in [-0.3, -0.25) is 9.97 Å². The summed E-state index contributed by atoms with van der Waals surface area (Å²) < 4.78 is 12.5. The van der Waals surface area contributed by atoms with Crippen LogP contribution < -0.4 is 4.90 Å². The van der Waals surface area contributed by atoms with E-state index in [1.54, 1.807) is 0 Å². The van der Waals surface area contributed by atoms with Crippen LogP contribution in [-0.4, -0.2) is 9.97 Å². The van der Waals surface area contributed by atoms with Crippen molar-refractivity contribution in [1.82, 2.24) is 9.97 Å². The molecule has 0 aliphatic rings. The van der Waals surface area contributed by atoms with E-state index in [0.717, 1.165) is 83.5 Å². The maximum atomic E-state index is 6.26. The molecule has 9 aromatic rings. The molecule has 0 saturated heterocycles. The van der Waals surface area contributed by atoms with Crippen LogP contribution >= 0.6 is 0 Å². The van der Waals surface area contributed by atoms with Crippen LogP contribution in [0.25, 0.3) is 66.4 Å². The molecule has 0 fully saturated rings. The van der Waals surface area contributed by atoms with E-state index in [1.807, 2.05) is 67.0 Å². The molecule has 0 bridgehead atoms. The molecular weight excluding hydrogens is 554 g/mol. The number of furan rings is 2. The zero-order chi connectivity index (χ0) is 29.7. The third-order valence-corrected chi connectivity index (χ3v) is 8.40. The first kappa shape index (κ1) is 25.3. The lowest BCUT2D eigenvalue weighted by atomic mass is 10.1. The number of anilines is 3. The number of hydrogen-bond donors (Lipinski definition) is 0. The highest BCUT2D eigenvalue weighted by Gasteiger charge is 2.17. The molecule has 5 aromatic carbocycles. The molecule has 5 nitrogen and oxygen atoms in total. The van der Waals surface area contributed by atoms with Crippen LogP contribution in [0.15, 0.2) is 161 Å². The molecule has 0 aliphatic heterocycles. The fourth-order valence-electron chi connectivity index (χ4n) is 6.28. The average molecular weight is 580 g/mol. The van der Waals surface area contributed by atoms with Crippen molar-refractivity contribution in [2.24, 2.45) is 0 Å². The number of para-hydroxylation sites is 3. The second-order valence-corrected chi connectivity index (χ2v) is 11.0. The van der Waals surface area contributed by atoms with E-state index in [1.165, 1.54) is 0 Å². The Kier molecular flexibility index (Phi) is 5.74. The highest BCUT2D eigenvalue weighted by atomic mass is 16.3. The van der Waals surface area contributed by atoms with Gasteiger partial charge in [-0.05, 0) is 60.7 Å². The minimum Gasteiger partial charge on any atom is -0.454 e. The quantitative estimate of drug-likeness (QED) is 0.203. The van der Waals surface area contributed by atoms with Gasteiger partial charge in [0, 0.05) is 62.1 Å². The summed E-state index contributed by atoms with van der Waals surface area (Å²) >= 11 is 0. The van der Waals surface area contributed by atoms with Crippen molar-refractivity contribution in [3.63, 3.8) is 0 Å². The summed E-state index contributed by atoms with van der Waals surface area (Å²) in [4.78, 5) is 11.7. The maximum absolute atomic E-state index is 6.26. The number of pyridine rings is 2. The van der Waals surface area contributed by atoms with Crippen molar-refractivity contribution >= 4 is 60.9 Å².